The third-order valence-electron chi connectivity index (χ3n) is 4.12. The number of aromatic hydroxyl groups is 1. The molecule has 4 aromatic rings. The number of rotatable bonds is 2. The number of benzene rings is 3. The first-order valence-electron chi connectivity index (χ1n) is 7.35. The third-order valence-corrected chi connectivity index (χ3v) is 4.12. The number of nitrogens with zero attached hydrogens (tertiary/aromatic N) is 1. The molecule has 0 spiro atoms. The Morgan fingerprint density at radius 3 is 2.17 bits per heavy atom. The maximum absolute atomic E-state index is 10.3. The molecule has 0 amide bonds. The van der Waals surface area contributed by atoms with Crippen molar-refractivity contribution in [2.75, 3.05) is 0 Å². The molecule has 0 aliphatic rings. The van der Waals surface area contributed by atoms with Gasteiger partial charge in [0.2, 0.25) is 0 Å². The van der Waals surface area contributed by atoms with Crippen molar-refractivity contribution < 1.29 is 5.11 Å². The molecule has 114 valence electrons. The molecule has 4 rings (SSSR count). The van der Waals surface area contributed by atoms with Crippen LogP contribution in [0.4, 0.5) is 0 Å². The molecule has 3 heteroatoms. The summed E-state index contributed by atoms with van der Waals surface area (Å²) in [5, 5.41) is 14.8. The molecule has 0 fully saturated rings. The topological polar surface area (TPSA) is 33.1 Å². The molecular formula is C20H16ClNO. The summed E-state index contributed by atoms with van der Waals surface area (Å²) in [4.78, 5) is 4.54. The zero-order chi connectivity index (χ0) is 14.9. The largest absolute Gasteiger partial charge is 0.508 e. The Kier molecular flexibility index (Phi) is 4.18. The molecule has 23 heavy (non-hydrogen) atoms. The molecular weight excluding hydrogens is 306 g/mol. The summed E-state index contributed by atoms with van der Waals surface area (Å²) in [7, 11) is 0. The second-order valence-corrected chi connectivity index (χ2v) is 5.44. The van der Waals surface area contributed by atoms with Crippen molar-refractivity contribution in [2.45, 2.75) is 6.42 Å². The van der Waals surface area contributed by atoms with Gasteiger partial charge in [-0.25, -0.2) is 0 Å². The van der Waals surface area contributed by atoms with Crippen LogP contribution in [0.5, 0.6) is 5.75 Å². The first-order chi connectivity index (χ1) is 10.8. The highest BCUT2D eigenvalue weighted by molar-refractivity contribution is 5.89. The first kappa shape index (κ1) is 15.3. The van der Waals surface area contributed by atoms with Crippen molar-refractivity contribution in [3.63, 3.8) is 0 Å². The van der Waals surface area contributed by atoms with E-state index in [1.165, 1.54) is 5.39 Å². The second-order valence-electron chi connectivity index (χ2n) is 5.44. The molecule has 0 radical (unpaired) electrons. The summed E-state index contributed by atoms with van der Waals surface area (Å²) in [5.74, 6) is 0.327. The molecule has 0 atom stereocenters. The average Bonchev–Trinajstić information content (AvgIpc) is 2.58. The van der Waals surface area contributed by atoms with E-state index in [0.29, 0.717) is 12.2 Å². The van der Waals surface area contributed by atoms with E-state index in [2.05, 4.69) is 29.2 Å². The van der Waals surface area contributed by atoms with E-state index < -0.39 is 0 Å². The van der Waals surface area contributed by atoms with Crippen LogP contribution in [0.3, 0.4) is 0 Å². The van der Waals surface area contributed by atoms with Crippen LogP contribution in [0.1, 0.15) is 11.3 Å². The van der Waals surface area contributed by atoms with Crippen molar-refractivity contribution in [3.05, 3.63) is 84.2 Å². The van der Waals surface area contributed by atoms with Crippen molar-refractivity contribution in [3.8, 4) is 5.75 Å². The van der Waals surface area contributed by atoms with Gasteiger partial charge in [-0.3, -0.25) is 4.98 Å². The second kappa shape index (κ2) is 6.27. The van der Waals surface area contributed by atoms with Crippen molar-refractivity contribution in [2.24, 2.45) is 0 Å². The smallest absolute Gasteiger partial charge is 0.119 e. The fraction of sp³-hybridized carbons (Fsp3) is 0.0500. The number of phenols is 1. The Bertz CT molecular complexity index is 976. The minimum atomic E-state index is 0. The molecule has 0 aliphatic carbocycles. The van der Waals surface area contributed by atoms with Crippen LogP contribution in [-0.4, -0.2) is 10.1 Å². The van der Waals surface area contributed by atoms with Gasteiger partial charge in [0, 0.05) is 23.6 Å². The van der Waals surface area contributed by atoms with Crippen LogP contribution in [-0.2, 0) is 6.42 Å². The van der Waals surface area contributed by atoms with Crippen LogP contribution < -0.4 is 0 Å². The monoisotopic (exact) mass is 321 g/mol. The molecule has 0 aliphatic heterocycles. The van der Waals surface area contributed by atoms with Crippen LogP contribution in [0.2, 0.25) is 0 Å². The Morgan fingerprint density at radius 1 is 0.739 bits per heavy atom. The van der Waals surface area contributed by atoms with Gasteiger partial charge in [-0.2, -0.15) is 0 Å². The number of hydrogen-bond acceptors (Lipinski definition) is 2. The van der Waals surface area contributed by atoms with Crippen LogP contribution in [0, 0.1) is 0 Å². The fourth-order valence-corrected chi connectivity index (χ4v) is 3.00. The SMILES string of the molecule is Cl.Oc1ccc2ccccc2c1Cc1nccc2ccccc12. The first-order valence-corrected chi connectivity index (χ1v) is 7.35. The van der Waals surface area contributed by atoms with E-state index in [-0.39, 0.29) is 12.4 Å². The summed E-state index contributed by atoms with van der Waals surface area (Å²) >= 11 is 0. The van der Waals surface area contributed by atoms with Crippen molar-refractivity contribution in [1.82, 2.24) is 4.98 Å². The molecule has 1 heterocycles. The lowest BCUT2D eigenvalue weighted by Gasteiger charge is -2.10. The van der Waals surface area contributed by atoms with Gasteiger partial charge >= 0.3 is 0 Å². The minimum Gasteiger partial charge on any atom is -0.508 e. The van der Waals surface area contributed by atoms with E-state index in [1.54, 1.807) is 6.07 Å². The van der Waals surface area contributed by atoms with Crippen LogP contribution >= 0.6 is 12.4 Å². The minimum absolute atomic E-state index is 0. The van der Waals surface area contributed by atoms with Crippen LogP contribution in [0.25, 0.3) is 21.5 Å². The lowest BCUT2D eigenvalue weighted by molar-refractivity contribution is 0.470. The van der Waals surface area contributed by atoms with Gasteiger partial charge in [0.1, 0.15) is 5.75 Å². The Labute approximate surface area is 140 Å². The van der Waals surface area contributed by atoms with E-state index >= 15 is 0 Å². The fourth-order valence-electron chi connectivity index (χ4n) is 3.00. The quantitative estimate of drug-likeness (QED) is 0.556. The number of pyridine rings is 1. The molecule has 3 aromatic carbocycles. The number of aromatic nitrogens is 1. The van der Waals surface area contributed by atoms with E-state index in [4.69, 9.17) is 0 Å². The summed E-state index contributed by atoms with van der Waals surface area (Å²) in [6, 6.07) is 22.1. The highest BCUT2D eigenvalue weighted by atomic mass is 35.5. The lowest BCUT2D eigenvalue weighted by Crippen LogP contribution is -1.95. The molecule has 0 saturated carbocycles. The predicted molar refractivity (Wildman–Crippen MR) is 97.4 cm³/mol. The third kappa shape index (κ3) is 2.73. The standard InChI is InChI=1S/C20H15NO.ClH/c22-20-10-9-14-5-1-3-7-16(14)18(20)13-19-17-8-4-2-6-15(17)11-12-21-19;/h1-12,22H,13H2;1H. The maximum atomic E-state index is 10.3. The predicted octanol–water partition coefficient (Wildman–Crippen LogP) is 5.11. The number of phenolic OH excluding ortho intramolecular Hbond substituents is 1. The highest BCUT2D eigenvalue weighted by Crippen LogP contribution is 2.30. The molecule has 1 N–H and O–H groups in total. The molecule has 0 unspecified atom stereocenters. The molecule has 2 nitrogen and oxygen atoms in total. The number of hydrogen-bond donors (Lipinski definition) is 1. The van der Waals surface area contributed by atoms with Gasteiger partial charge in [0.15, 0.2) is 0 Å². The summed E-state index contributed by atoms with van der Waals surface area (Å²) in [5.41, 5.74) is 1.92. The highest BCUT2D eigenvalue weighted by Gasteiger charge is 2.10. The summed E-state index contributed by atoms with van der Waals surface area (Å²) in [6.07, 6.45) is 2.45. The number of fused-ring (bicyclic) bond motifs is 2. The van der Waals surface area contributed by atoms with Crippen molar-refractivity contribution >= 4 is 34.0 Å². The van der Waals surface area contributed by atoms with Gasteiger partial charge < -0.3 is 5.11 Å². The lowest BCUT2D eigenvalue weighted by atomic mass is 9.97. The summed E-state index contributed by atoms with van der Waals surface area (Å²) < 4.78 is 0. The normalized spacial score (nSPS) is 10.6. The molecule has 0 bridgehead atoms. The van der Waals surface area contributed by atoms with Gasteiger partial charge in [-0.15, -0.1) is 12.4 Å². The zero-order valence-corrected chi connectivity index (χ0v) is 13.3. The average molecular weight is 322 g/mol. The maximum Gasteiger partial charge on any atom is 0.119 e. The zero-order valence-electron chi connectivity index (χ0n) is 12.4. The van der Waals surface area contributed by atoms with E-state index in [0.717, 1.165) is 27.4 Å². The van der Waals surface area contributed by atoms with Gasteiger partial charge in [-0.05, 0) is 28.3 Å². The molecule has 1 aromatic heterocycles. The van der Waals surface area contributed by atoms with Gasteiger partial charge in [0.05, 0.1) is 5.69 Å². The van der Waals surface area contributed by atoms with Crippen LogP contribution in [0.15, 0.2) is 72.9 Å². The van der Waals surface area contributed by atoms with E-state index in [1.807, 2.05) is 42.6 Å². The Morgan fingerprint density at radius 2 is 1.39 bits per heavy atom. The van der Waals surface area contributed by atoms with E-state index in [9.17, 15) is 5.11 Å². The van der Waals surface area contributed by atoms with Crippen molar-refractivity contribution in [1.29, 1.82) is 0 Å². The van der Waals surface area contributed by atoms with Gasteiger partial charge in [0.25, 0.3) is 0 Å². The Balaban J connectivity index is 0.00000156. The van der Waals surface area contributed by atoms with Gasteiger partial charge in [-0.1, -0.05) is 54.6 Å². The Hall–Kier alpha value is -2.58. The molecule has 0 saturated heterocycles. The summed E-state index contributed by atoms with van der Waals surface area (Å²) in [6.45, 7) is 0. The number of halogens is 1.